The van der Waals surface area contributed by atoms with Gasteiger partial charge in [0.25, 0.3) is 0 Å². The van der Waals surface area contributed by atoms with Crippen LogP contribution in [0.4, 0.5) is 5.69 Å². The van der Waals surface area contributed by atoms with Crippen molar-refractivity contribution in [3.05, 3.63) is 23.8 Å². The maximum absolute atomic E-state index is 12.0. The number of benzene rings is 1. The third-order valence-corrected chi connectivity index (χ3v) is 3.14. The van der Waals surface area contributed by atoms with E-state index < -0.39 is 5.60 Å². The molecule has 2 aliphatic rings. The normalized spacial score (nSPS) is 20.0. The summed E-state index contributed by atoms with van der Waals surface area (Å²) < 4.78 is 5.82. The molecule has 1 aliphatic heterocycles. The molecule has 0 atom stereocenters. The Morgan fingerprint density at radius 1 is 1.33 bits per heavy atom. The highest BCUT2D eigenvalue weighted by Crippen LogP contribution is 2.52. The number of rotatable bonds is 1. The zero-order valence-electron chi connectivity index (χ0n) is 8.91. The lowest BCUT2D eigenvalue weighted by molar-refractivity contribution is 0.0821. The molecule has 3 heteroatoms. The molecular weight excluding hydrogens is 190 g/mol. The van der Waals surface area contributed by atoms with Crippen LogP contribution in [0.15, 0.2) is 18.2 Å². The van der Waals surface area contributed by atoms with Crippen LogP contribution >= 0.6 is 0 Å². The molecule has 1 aliphatic carbocycles. The molecule has 78 valence electrons. The zero-order valence-corrected chi connectivity index (χ0v) is 8.91. The van der Waals surface area contributed by atoms with E-state index in [0.717, 1.165) is 29.8 Å². The fraction of sp³-hybridized carbons (Fsp3) is 0.417. The molecular formula is C12H13NO2. The number of hydrogen-bond donors (Lipinski definition) is 0. The number of Topliss-reactive ketones (excluding diaryl/α,β-unsaturated/α-hetero) is 1. The Hall–Kier alpha value is -1.51. The lowest BCUT2D eigenvalue weighted by Gasteiger charge is -2.16. The summed E-state index contributed by atoms with van der Waals surface area (Å²) in [5.74, 6) is 0.936. The number of carbonyl (C=O) groups excluding carboxylic acids is 1. The van der Waals surface area contributed by atoms with Gasteiger partial charge in [-0.3, -0.25) is 4.79 Å². The van der Waals surface area contributed by atoms with Gasteiger partial charge in [0, 0.05) is 14.1 Å². The minimum absolute atomic E-state index is 0.168. The van der Waals surface area contributed by atoms with Crippen LogP contribution in [0, 0.1) is 0 Å². The van der Waals surface area contributed by atoms with Crippen molar-refractivity contribution in [2.45, 2.75) is 18.4 Å². The van der Waals surface area contributed by atoms with Crippen LogP contribution in [0.5, 0.6) is 5.75 Å². The molecule has 3 nitrogen and oxygen atoms in total. The molecule has 0 radical (unpaired) electrons. The number of ether oxygens (including phenoxy) is 1. The Balaban J connectivity index is 2.16. The Labute approximate surface area is 88.6 Å². The van der Waals surface area contributed by atoms with Crippen LogP contribution in [0.1, 0.15) is 23.2 Å². The average molecular weight is 203 g/mol. The van der Waals surface area contributed by atoms with Crippen LogP contribution in [-0.2, 0) is 0 Å². The van der Waals surface area contributed by atoms with Crippen LogP contribution in [-0.4, -0.2) is 25.5 Å². The van der Waals surface area contributed by atoms with Crippen LogP contribution < -0.4 is 9.64 Å². The molecule has 0 N–H and O–H groups in total. The Kier molecular flexibility index (Phi) is 1.48. The van der Waals surface area contributed by atoms with Gasteiger partial charge in [-0.05, 0) is 25.0 Å². The fourth-order valence-corrected chi connectivity index (χ4v) is 2.09. The average Bonchev–Trinajstić information content (AvgIpc) is 2.91. The molecule has 3 rings (SSSR count). The smallest absolute Gasteiger partial charge is 0.210 e. The highest BCUT2D eigenvalue weighted by atomic mass is 16.5. The van der Waals surface area contributed by atoms with E-state index >= 15 is 0 Å². The quantitative estimate of drug-likeness (QED) is 0.697. The summed E-state index contributed by atoms with van der Waals surface area (Å²) in [6.07, 6.45) is 1.74. The second-order valence-corrected chi connectivity index (χ2v) is 4.47. The SMILES string of the molecule is CN(C)c1cccc2c1OC1(CC1)C2=O. The fourth-order valence-electron chi connectivity index (χ4n) is 2.09. The summed E-state index contributed by atoms with van der Waals surface area (Å²) in [5.41, 5.74) is 1.26. The molecule has 1 aromatic carbocycles. The summed E-state index contributed by atoms with van der Waals surface area (Å²) >= 11 is 0. The summed E-state index contributed by atoms with van der Waals surface area (Å²) in [4.78, 5) is 14.0. The first-order valence-electron chi connectivity index (χ1n) is 5.18. The van der Waals surface area contributed by atoms with Crippen molar-refractivity contribution in [1.29, 1.82) is 0 Å². The largest absolute Gasteiger partial charge is 0.476 e. The van der Waals surface area contributed by atoms with Gasteiger partial charge in [-0.2, -0.15) is 0 Å². The number of para-hydroxylation sites is 1. The van der Waals surface area contributed by atoms with Gasteiger partial charge in [0.15, 0.2) is 11.4 Å². The van der Waals surface area contributed by atoms with Gasteiger partial charge in [-0.1, -0.05) is 6.07 Å². The second-order valence-electron chi connectivity index (χ2n) is 4.47. The summed E-state index contributed by atoms with van der Waals surface area (Å²) in [7, 11) is 3.92. The topological polar surface area (TPSA) is 29.5 Å². The highest BCUT2D eigenvalue weighted by molar-refractivity contribution is 6.10. The van der Waals surface area contributed by atoms with Crippen LogP contribution in [0.3, 0.4) is 0 Å². The molecule has 15 heavy (non-hydrogen) atoms. The minimum atomic E-state index is -0.478. The summed E-state index contributed by atoms with van der Waals surface area (Å²) in [5, 5.41) is 0. The van der Waals surface area contributed by atoms with Gasteiger partial charge < -0.3 is 9.64 Å². The molecule has 0 unspecified atom stereocenters. The third-order valence-electron chi connectivity index (χ3n) is 3.14. The number of hydrogen-bond acceptors (Lipinski definition) is 3. The predicted molar refractivity (Wildman–Crippen MR) is 57.7 cm³/mol. The van der Waals surface area contributed by atoms with Gasteiger partial charge in [-0.15, -0.1) is 0 Å². The molecule has 1 fully saturated rings. The van der Waals surface area contributed by atoms with Gasteiger partial charge in [0.05, 0.1) is 11.3 Å². The zero-order chi connectivity index (χ0) is 10.6. The van der Waals surface area contributed by atoms with Crippen molar-refractivity contribution in [2.24, 2.45) is 0 Å². The van der Waals surface area contributed by atoms with Crippen molar-refractivity contribution in [2.75, 3.05) is 19.0 Å². The number of carbonyl (C=O) groups is 1. The first kappa shape index (κ1) is 8.77. The molecule has 1 spiro atoms. The van der Waals surface area contributed by atoms with Gasteiger partial charge in [-0.25, -0.2) is 0 Å². The predicted octanol–water partition coefficient (Wildman–Crippen LogP) is 1.86. The second kappa shape index (κ2) is 2.54. The number of fused-ring (bicyclic) bond motifs is 1. The maximum Gasteiger partial charge on any atom is 0.210 e. The molecule has 0 saturated heterocycles. The first-order chi connectivity index (χ1) is 7.14. The van der Waals surface area contributed by atoms with Crippen molar-refractivity contribution >= 4 is 11.5 Å². The summed E-state index contributed by atoms with van der Waals surface area (Å²) in [6.45, 7) is 0. The van der Waals surface area contributed by atoms with Gasteiger partial charge in [0.2, 0.25) is 5.78 Å². The van der Waals surface area contributed by atoms with Crippen LogP contribution in [0.25, 0.3) is 0 Å². The van der Waals surface area contributed by atoms with E-state index in [1.165, 1.54) is 0 Å². The van der Waals surface area contributed by atoms with Crippen molar-refractivity contribution < 1.29 is 9.53 Å². The Bertz CT molecular complexity index is 447. The molecule has 1 heterocycles. The van der Waals surface area contributed by atoms with E-state index in [0.29, 0.717) is 0 Å². The molecule has 1 saturated carbocycles. The number of anilines is 1. The van der Waals surface area contributed by atoms with Gasteiger partial charge in [0.1, 0.15) is 0 Å². The van der Waals surface area contributed by atoms with E-state index in [4.69, 9.17) is 4.74 Å². The van der Waals surface area contributed by atoms with E-state index in [2.05, 4.69) is 0 Å². The lowest BCUT2D eigenvalue weighted by atomic mass is 10.1. The van der Waals surface area contributed by atoms with Crippen molar-refractivity contribution in [3.63, 3.8) is 0 Å². The number of ketones is 1. The third kappa shape index (κ3) is 1.03. The van der Waals surface area contributed by atoms with E-state index in [1.54, 1.807) is 0 Å². The molecule has 1 aromatic rings. The van der Waals surface area contributed by atoms with E-state index in [9.17, 15) is 4.79 Å². The monoisotopic (exact) mass is 203 g/mol. The standard InChI is InChI=1S/C12H13NO2/c1-13(2)9-5-3-4-8-10(9)15-12(6-7-12)11(8)14/h3-5H,6-7H2,1-2H3. The molecule has 0 bridgehead atoms. The Morgan fingerprint density at radius 3 is 2.67 bits per heavy atom. The Morgan fingerprint density at radius 2 is 2.07 bits per heavy atom. The van der Waals surface area contributed by atoms with Gasteiger partial charge >= 0.3 is 0 Å². The summed E-state index contributed by atoms with van der Waals surface area (Å²) in [6, 6.07) is 5.75. The molecule has 0 amide bonds. The minimum Gasteiger partial charge on any atom is -0.476 e. The van der Waals surface area contributed by atoms with E-state index in [1.807, 2.05) is 37.2 Å². The highest BCUT2D eigenvalue weighted by Gasteiger charge is 2.58. The molecule has 0 aromatic heterocycles. The lowest BCUT2D eigenvalue weighted by Crippen LogP contribution is -2.21. The maximum atomic E-state index is 12.0. The van der Waals surface area contributed by atoms with Crippen molar-refractivity contribution in [3.8, 4) is 5.75 Å². The number of nitrogens with zero attached hydrogens (tertiary/aromatic N) is 1. The van der Waals surface area contributed by atoms with Crippen molar-refractivity contribution in [1.82, 2.24) is 0 Å². The van der Waals surface area contributed by atoms with E-state index in [-0.39, 0.29) is 5.78 Å². The van der Waals surface area contributed by atoms with Crippen LogP contribution in [0.2, 0.25) is 0 Å². The first-order valence-corrected chi connectivity index (χ1v) is 5.18.